The van der Waals surface area contributed by atoms with Gasteiger partial charge in [-0.1, -0.05) is 29.4 Å². The zero-order valence-electron chi connectivity index (χ0n) is 9.47. The standard InChI is InChI=1S/C13H14N2O/c1-3-16-15-10(2)13-8-11-6-4-5-7-12(11)9-14-13/h4-9H,3H2,1-2H3/b15-10+. The summed E-state index contributed by atoms with van der Waals surface area (Å²) in [6, 6.07) is 10.1. The molecule has 0 bridgehead atoms. The van der Waals surface area contributed by atoms with Gasteiger partial charge < -0.3 is 4.84 Å². The van der Waals surface area contributed by atoms with Crippen LogP contribution in [-0.2, 0) is 4.84 Å². The van der Waals surface area contributed by atoms with Crippen LogP contribution >= 0.6 is 0 Å². The van der Waals surface area contributed by atoms with Gasteiger partial charge >= 0.3 is 0 Å². The monoisotopic (exact) mass is 214 g/mol. The highest BCUT2D eigenvalue weighted by molar-refractivity contribution is 5.99. The van der Waals surface area contributed by atoms with Crippen LogP contribution < -0.4 is 0 Å². The fraction of sp³-hybridized carbons (Fsp3) is 0.231. The van der Waals surface area contributed by atoms with Gasteiger partial charge in [-0.3, -0.25) is 4.98 Å². The number of pyridine rings is 1. The minimum Gasteiger partial charge on any atom is -0.396 e. The maximum absolute atomic E-state index is 5.01. The SMILES string of the molecule is CCO/N=C(\C)c1cc2ccccc2cn1. The van der Waals surface area contributed by atoms with Crippen molar-refractivity contribution in [3.05, 3.63) is 42.2 Å². The number of oxime groups is 1. The molecule has 0 spiro atoms. The molecule has 16 heavy (non-hydrogen) atoms. The highest BCUT2D eigenvalue weighted by Gasteiger charge is 2.01. The van der Waals surface area contributed by atoms with E-state index in [4.69, 9.17) is 4.84 Å². The van der Waals surface area contributed by atoms with Crippen molar-refractivity contribution in [1.82, 2.24) is 4.98 Å². The largest absolute Gasteiger partial charge is 0.396 e. The fourth-order valence-corrected chi connectivity index (χ4v) is 1.49. The van der Waals surface area contributed by atoms with Crippen LogP contribution in [0.4, 0.5) is 0 Å². The van der Waals surface area contributed by atoms with E-state index in [0.717, 1.165) is 16.8 Å². The Bertz CT molecular complexity index is 520. The van der Waals surface area contributed by atoms with Gasteiger partial charge in [0.1, 0.15) is 12.3 Å². The second-order valence-electron chi connectivity index (χ2n) is 3.51. The lowest BCUT2D eigenvalue weighted by Crippen LogP contribution is -1.99. The molecule has 2 aromatic rings. The molecule has 0 saturated heterocycles. The minimum absolute atomic E-state index is 0.574. The van der Waals surface area contributed by atoms with E-state index in [1.165, 1.54) is 5.39 Å². The van der Waals surface area contributed by atoms with Crippen molar-refractivity contribution in [2.24, 2.45) is 5.16 Å². The zero-order valence-corrected chi connectivity index (χ0v) is 9.47. The Morgan fingerprint density at radius 2 is 2.06 bits per heavy atom. The average molecular weight is 214 g/mol. The van der Waals surface area contributed by atoms with Crippen LogP contribution in [0.3, 0.4) is 0 Å². The number of benzene rings is 1. The Morgan fingerprint density at radius 3 is 2.81 bits per heavy atom. The van der Waals surface area contributed by atoms with Crippen LogP contribution in [0.15, 0.2) is 41.7 Å². The maximum atomic E-state index is 5.01. The Kier molecular flexibility index (Phi) is 3.15. The topological polar surface area (TPSA) is 34.5 Å². The smallest absolute Gasteiger partial charge is 0.114 e. The normalized spacial score (nSPS) is 11.8. The molecule has 0 atom stereocenters. The molecule has 1 aromatic carbocycles. The highest BCUT2D eigenvalue weighted by atomic mass is 16.6. The van der Waals surface area contributed by atoms with E-state index >= 15 is 0 Å². The van der Waals surface area contributed by atoms with Crippen LogP contribution in [0.2, 0.25) is 0 Å². The quantitative estimate of drug-likeness (QED) is 0.581. The first-order valence-electron chi connectivity index (χ1n) is 5.33. The molecule has 82 valence electrons. The number of rotatable bonds is 3. The highest BCUT2D eigenvalue weighted by Crippen LogP contribution is 2.13. The van der Waals surface area contributed by atoms with Gasteiger partial charge in [-0.2, -0.15) is 0 Å². The molecular formula is C13H14N2O. The fourth-order valence-electron chi connectivity index (χ4n) is 1.49. The van der Waals surface area contributed by atoms with Crippen LogP contribution in [-0.4, -0.2) is 17.3 Å². The molecule has 0 saturated carbocycles. The molecule has 1 aromatic heterocycles. The number of fused-ring (bicyclic) bond motifs is 1. The van der Waals surface area contributed by atoms with E-state index in [9.17, 15) is 0 Å². The number of aromatic nitrogens is 1. The average Bonchev–Trinajstić information content (AvgIpc) is 2.35. The minimum atomic E-state index is 0.574. The summed E-state index contributed by atoms with van der Waals surface area (Å²) >= 11 is 0. The third-order valence-electron chi connectivity index (χ3n) is 2.33. The predicted molar refractivity (Wildman–Crippen MR) is 65.6 cm³/mol. The molecule has 0 aliphatic heterocycles. The van der Waals surface area contributed by atoms with Crippen LogP contribution in [0.1, 0.15) is 19.5 Å². The van der Waals surface area contributed by atoms with Crippen molar-refractivity contribution in [2.75, 3.05) is 6.61 Å². The number of nitrogens with zero attached hydrogens (tertiary/aromatic N) is 2. The van der Waals surface area contributed by atoms with Crippen molar-refractivity contribution in [2.45, 2.75) is 13.8 Å². The first-order valence-corrected chi connectivity index (χ1v) is 5.33. The van der Waals surface area contributed by atoms with Crippen molar-refractivity contribution in [3.8, 4) is 0 Å². The summed E-state index contributed by atoms with van der Waals surface area (Å²) in [7, 11) is 0. The number of hydrogen-bond donors (Lipinski definition) is 0. The molecule has 0 aliphatic rings. The molecule has 1 heterocycles. The van der Waals surface area contributed by atoms with E-state index in [-0.39, 0.29) is 0 Å². The van der Waals surface area contributed by atoms with E-state index < -0.39 is 0 Å². The summed E-state index contributed by atoms with van der Waals surface area (Å²) in [6.07, 6.45) is 1.86. The van der Waals surface area contributed by atoms with E-state index in [2.05, 4.69) is 16.2 Å². The molecule has 0 radical (unpaired) electrons. The van der Waals surface area contributed by atoms with E-state index in [1.54, 1.807) is 0 Å². The van der Waals surface area contributed by atoms with Gasteiger partial charge in [0.15, 0.2) is 0 Å². The molecule has 2 rings (SSSR count). The van der Waals surface area contributed by atoms with Gasteiger partial charge in [0.05, 0.1) is 5.69 Å². The van der Waals surface area contributed by atoms with Gasteiger partial charge in [0, 0.05) is 11.6 Å². The molecule has 0 fully saturated rings. The summed E-state index contributed by atoms with van der Waals surface area (Å²) < 4.78 is 0. The second kappa shape index (κ2) is 4.75. The number of hydrogen-bond acceptors (Lipinski definition) is 3. The van der Waals surface area contributed by atoms with Crippen LogP contribution in [0.5, 0.6) is 0 Å². The van der Waals surface area contributed by atoms with Crippen LogP contribution in [0, 0.1) is 0 Å². The van der Waals surface area contributed by atoms with Gasteiger partial charge in [0.2, 0.25) is 0 Å². The lowest BCUT2D eigenvalue weighted by atomic mass is 10.1. The zero-order chi connectivity index (χ0) is 11.4. The molecule has 0 amide bonds. The summed E-state index contributed by atoms with van der Waals surface area (Å²) in [5.74, 6) is 0. The third-order valence-corrected chi connectivity index (χ3v) is 2.33. The second-order valence-corrected chi connectivity index (χ2v) is 3.51. The molecule has 3 heteroatoms. The van der Waals surface area contributed by atoms with Crippen molar-refractivity contribution in [3.63, 3.8) is 0 Å². The first-order chi connectivity index (χ1) is 7.81. The Morgan fingerprint density at radius 1 is 1.31 bits per heavy atom. The third kappa shape index (κ3) is 2.19. The molecule has 3 nitrogen and oxygen atoms in total. The Hall–Kier alpha value is -1.90. The first kappa shape index (κ1) is 10.6. The molecular weight excluding hydrogens is 200 g/mol. The van der Waals surface area contributed by atoms with Crippen molar-refractivity contribution < 1.29 is 4.84 Å². The molecule has 0 N–H and O–H groups in total. The summed E-state index contributed by atoms with van der Waals surface area (Å²) in [5.41, 5.74) is 1.65. The van der Waals surface area contributed by atoms with Crippen LogP contribution in [0.25, 0.3) is 10.8 Å². The molecule has 0 aliphatic carbocycles. The van der Waals surface area contributed by atoms with E-state index in [0.29, 0.717) is 6.61 Å². The van der Waals surface area contributed by atoms with Crippen molar-refractivity contribution in [1.29, 1.82) is 0 Å². The maximum Gasteiger partial charge on any atom is 0.114 e. The predicted octanol–water partition coefficient (Wildman–Crippen LogP) is 3.00. The van der Waals surface area contributed by atoms with Gasteiger partial charge in [-0.15, -0.1) is 0 Å². The Balaban J connectivity index is 2.39. The molecule has 0 unspecified atom stereocenters. The summed E-state index contributed by atoms with van der Waals surface area (Å²) in [4.78, 5) is 9.36. The van der Waals surface area contributed by atoms with Gasteiger partial charge in [-0.05, 0) is 25.3 Å². The lowest BCUT2D eigenvalue weighted by Gasteiger charge is -2.02. The van der Waals surface area contributed by atoms with Crippen molar-refractivity contribution >= 4 is 16.5 Å². The Labute approximate surface area is 94.8 Å². The lowest BCUT2D eigenvalue weighted by molar-refractivity contribution is 0.159. The summed E-state index contributed by atoms with van der Waals surface area (Å²) in [6.45, 7) is 4.38. The van der Waals surface area contributed by atoms with E-state index in [1.807, 2.05) is 44.3 Å². The van der Waals surface area contributed by atoms with Gasteiger partial charge in [-0.25, -0.2) is 0 Å². The summed E-state index contributed by atoms with van der Waals surface area (Å²) in [5, 5.41) is 6.27. The van der Waals surface area contributed by atoms with Gasteiger partial charge in [0.25, 0.3) is 0 Å².